The third-order valence-electron chi connectivity index (χ3n) is 2.90. The van der Waals surface area contributed by atoms with Gasteiger partial charge in [0.1, 0.15) is 0 Å². The molecule has 92 valence electrons. The molecule has 0 aliphatic rings. The van der Waals surface area contributed by atoms with Gasteiger partial charge in [-0.05, 0) is 43.8 Å². The van der Waals surface area contributed by atoms with E-state index in [9.17, 15) is 0 Å². The Morgan fingerprint density at radius 3 is 2.56 bits per heavy atom. The lowest BCUT2D eigenvalue weighted by Crippen LogP contribution is -2.27. The highest BCUT2D eigenvalue weighted by molar-refractivity contribution is 7.05. The van der Waals surface area contributed by atoms with Gasteiger partial charge in [0.15, 0.2) is 0 Å². The molecule has 0 amide bonds. The summed E-state index contributed by atoms with van der Waals surface area (Å²) < 4.78 is 4.04. The molecule has 0 bridgehead atoms. The minimum Gasteiger partial charge on any atom is -0.309 e. The van der Waals surface area contributed by atoms with Crippen molar-refractivity contribution >= 4 is 11.5 Å². The summed E-state index contributed by atoms with van der Waals surface area (Å²) in [5, 5.41) is 7.74. The molecule has 2 unspecified atom stereocenters. The summed E-state index contributed by atoms with van der Waals surface area (Å²) >= 11 is 1.54. The van der Waals surface area contributed by atoms with Crippen LogP contribution in [0.5, 0.6) is 0 Å². The van der Waals surface area contributed by atoms with Crippen molar-refractivity contribution < 1.29 is 0 Å². The number of nitrogens with zero attached hydrogens (tertiary/aromatic N) is 2. The second kappa shape index (κ2) is 6.97. The van der Waals surface area contributed by atoms with Gasteiger partial charge in [-0.2, -0.15) is 0 Å². The predicted molar refractivity (Wildman–Crippen MR) is 69.8 cm³/mol. The molecule has 1 aromatic heterocycles. The van der Waals surface area contributed by atoms with Crippen LogP contribution in [0.3, 0.4) is 0 Å². The third-order valence-corrected chi connectivity index (χ3v) is 3.81. The Balaban J connectivity index is 2.74. The van der Waals surface area contributed by atoms with E-state index in [1.54, 1.807) is 0 Å². The molecule has 0 spiro atoms. The SMILES string of the molecule is CCCNC(c1snnc1C)C(C)CCC. The van der Waals surface area contributed by atoms with E-state index in [0.29, 0.717) is 12.0 Å². The summed E-state index contributed by atoms with van der Waals surface area (Å²) in [6.07, 6.45) is 3.65. The van der Waals surface area contributed by atoms with Crippen molar-refractivity contribution in [2.45, 2.75) is 53.0 Å². The van der Waals surface area contributed by atoms with Crippen LogP contribution < -0.4 is 5.32 Å². The van der Waals surface area contributed by atoms with Gasteiger partial charge in [-0.3, -0.25) is 0 Å². The Labute approximate surface area is 103 Å². The number of nitrogens with one attached hydrogen (secondary N) is 1. The van der Waals surface area contributed by atoms with E-state index in [4.69, 9.17) is 0 Å². The van der Waals surface area contributed by atoms with E-state index in [1.165, 1.54) is 35.7 Å². The molecule has 1 N–H and O–H groups in total. The first-order valence-corrected chi connectivity index (χ1v) is 7.00. The summed E-state index contributed by atoms with van der Waals surface area (Å²) in [6, 6.07) is 0.430. The maximum atomic E-state index is 4.12. The smallest absolute Gasteiger partial charge is 0.0772 e. The molecule has 1 heterocycles. The Morgan fingerprint density at radius 1 is 1.31 bits per heavy atom. The van der Waals surface area contributed by atoms with Crippen LogP contribution in [0.1, 0.15) is 56.6 Å². The molecule has 3 nitrogen and oxygen atoms in total. The van der Waals surface area contributed by atoms with Crippen molar-refractivity contribution in [3.63, 3.8) is 0 Å². The normalized spacial score (nSPS) is 15.0. The van der Waals surface area contributed by atoms with E-state index < -0.39 is 0 Å². The van der Waals surface area contributed by atoms with Crippen LogP contribution in [0, 0.1) is 12.8 Å². The highest BCUT2D eigenvalue weighted by Crippen LogP contribution is 2.29. The fourth-order valence-electron chi connectivity index (χ4n) is 2.00. The van der Waals surface area contributed by atoms with E-state index in [-0.39, 0.29) is 0 Å². The lowest BCUT2D eigenvalue weighted by molar-refractivity contribution is 0.366. The van der Waals surface area contributed by atoms with Gasteiger partial charge >= 0.3 is 0 Å². The van der Waals surface area contributed by atoms with Crippen LogP contribution in [-0.4, -0.2) is 16.1 Å². The first kappa shape index (κ1) is 13.6. The maximum absolute atomic E-state index is 4.12. The van der Waals surface area contributed by atoms with Gasteiger partial charge in [-0.1, -0.05) is 31.7 Å². The molecule has 0 saturated carbocycles. The number of hydrogen-bond acceptors (Lipinski definition) is 4. The zero-order valence-electron chi connectivity index (χ0n) is 10.8. The molecule has 0 radical (unpaired) electrons. The van der Waals surface area contributed by atoms with Crippen molar-refractivity contribution in [1.82, 2.24) is 14.9 Å². The van der Waals surface area contributed by atoms with Gasteiger partial charge in [0, 0.05) is 6.04 Å². The Hall–Kier alpha value is -0.480. The molecule has 2 atom stereocenters. The van der Waals surface area contributed by atoms with Gasteiger partial charge in [0.25, 0.3) is 0 Å². The molecule has 4 heteroatoms. The quantitative estimate of drug-likeness (QED) is 0.795. The van der Waals surface area contributed by atoms with Crippen LogP contribution in [0.15, 0.2) is 0 Å². The summed E-state index contributed by atoms with van der Waals surface area (Å²) in [4.78, 5) is 1.31. The fourth-order valence-corrected chi connectivity index (χ4v) is 2.85. The van der Waals surface area contributed by atoms with E-state index in [1.807, 2.05) is 0 Å². The van der Waals surface area contributed by atoms with Crippen molar-refractivity contribution in [3.05, 3.63) is 10.6 Å². The van der Waals surface area contributed by atoms with Crippen molar-refractivity contribution in [3.8, 4) is 0 Å². The molecule has 16 heavy (non-hydrogen) atoms. The van der Waals surface area contributed by atoms with Gasteiger partial charge < -0.3 is 5.32 Å². The van der Waals surface area contributed by atoms with Crippen molar-refractivity contribution in [2.75, 3.05) is 6.54 Å². The van der Waals surface area contributed by atoms with E-state index in [0.717, 1.165) is 12.2 Å². The summed E-state index contributed by atoms with van der Waals surface area (Å²) in [7, 11) is 0. The van der Waals surface area contributed by atoms with Gasteiger partial charge in [0.2, 0.25) is 0 Å². The fraction of sp³-hybridized carbons (Fsp3) is 0.833. The molecule has 0 aliphatic heterocycles. The second-order valence-corrected chi connectivity index (χ2v) is 5.21. The molecule has 1 rings (SSSR count). The summed E-state index contributed by atoms with van der Waals surface area (Å²) in [5.74, 6) is 0.650. The average Bonchev–Trinajstić information content (AvgIpc) is 2.66. The molecule has 0 fully saturated rings. The topological polar surface area (TPSA) is 37.8 Å². The number of aromatic nitrogens is 2. The molecular formula is C12H23N3S. The lowest BCUT2D eigenvalue weighted by atomic mass is 9.95. The molecule has 0 saturated heterocycles. The zero-order chi connectivity index (χ0) is 12.0. The first-order chi connectivity index (χ1) is 7.70. The summed E-state index contributed by atoms with van der Waals surface area (Å²) in [6.45, 7) is 9.88. The molecule has 1 aromatic rings. The predicted octanol–water partition coefficient (Wildman–Crippen LogP) is 3.32. The Bertz CT molecular complexity index is 298. The lowest BCUT2D eigenvalue weighted by Gasteiger charge is -2.23. The van der Waals surface area contributed by atoms with Crippen molar-refractivity contribution in [1.29, 1.82) is 0 Å². The van der Waals surface area contributed by atoms with Crippen LogP contribution in [-0.2, 0) is 0 Å². The van der Waals surface area contributed by atoms with Crippen LogP contribution in [0.2, 0.25) is 0 Å². The monoisotopic (exact) mass is 241 g/mol. The standard InChI is InChI=1S/C12H23N3S/c1-5-7-9(3)11(13-8-6-2)12-10(4)14-15-16-12/h9,11,13H,5-8H2,1-4H3. The van der Waals surface area contributed by atoms with Gasteiger partial charge in [0.05, 0.1) is 10.6 Å². The van der Waals surface area contributed by atoms with Crippen LogP contribution in [0.25, 0.3) is 0 Å². The largest absolute Gasteiger partial charge is 0.309 e. The van der Waals surface area contributed by atoms with Gasteiger partial charge in [-0.25, -0.2) is 0 Å². The van der Waals surface area contributed by atoms with Crippen LogP contribution >= 0.6 is 11.5 Å². The Kier molecular flexibility index (Phi) is 5.91. The zero-order valence-corrected chi connectivity index (χ0v) is 11.6. The van der Waals surface area contributed by atoms with Gasteiger partial charge in [-0.15, -0.1) is 5.10 Å². The number of rotatable bonds is 7. The van der Waals surface area contributed by atoms with Crippen LogP contribution in [0.4, 0.5) is 0 Å². The highest BCUT2D eigenvalue weighted by Gasteiger charge is 2.22. The summed E-state index contributed by atoms with van der Waals surface area (Å²) in [5.41, 5.74) is 1.08. The Morgan fingerprint density at radius 2 is 2.06 bits per heavy atom. The second-order valence-electron chi connectivity index (χ2n) is 4.42. The minimum atomic E-state index is 0.430. The van der Waals surface area contributed by atoms with E-state index in [2.05, 4.69) is 42.6 Å². The van der Waals surface area contributed by atoms with E-state index >= 15 is 0 Å². The first-order valence-electron chi connectivity index (χ1n) is 6.22. The molecule has 0 aliphatic carbocycles. The molecular weight excluding hydrogens is 218 g/mol. The highest BCUT2D eigenvalue weighted by atomic mass is 32.1. The average molecular weight is 241 g/mol. The number of aryl methyl sites for hydroxylation is 1. The number of hydrogen-bond donors (Lipinski definition) is 1. The third kappa shape index (κ3) is 3.52. The van der Waals surface area contributed by atoms with Crippen molar-refractivity contribution in [2.24, 2.45) is 5.92 Å². The minimum absolute atomic E-state index is 0.430. The molecule has 0 aromatic carbocycles. The maximum Gasteiger partial charge on any atom is 0.0772 e.